The van der Waals surface area contributed by atoms with Gasteiger partial charge in [0.15, 0.2) is 0 Å². The van der Waals surface area contributed by atoms with Gasteiger partial charge in [0.05, 0.1) is 11.6 Å². The third-order valence-corrected chi connectivity index (χ3v) is 3.73. The highest BCUT2D eigenvalue weighted by atomic mass is 35.5. The standard InChI is InChI=1S/C11H9Cl2N5O/c12-11(13)5-9(11)10(19)15-7-1-3-8(4-2-7)18-6-14-16-17-18/h1-4,6,9H,5H2,(H,15,19)/t9-/m1/s1. The normalized spacial score (nSPS) is 20.0. The monoisotopic (exact) mass is 297 g/mol. The highest BCUT2D eigenvalue weighted by Crippen LogP contribution is 2.53. The van der Waals surface area contributed by atoms with E-state index in [2.05, 4.69) is 20.8 Å². The van der Waals surface area contributed by atoms with Crippen molar-refractivity contribution in [1.29, 1.82) is 0 Å². The molecule has 1 aromatic carbocycles. The van der Waals surface area contributed by atoms with Crippen LogP contribution in [0.5, 0.6) is 0 Å². The predicted molar refractivity (Wildman–Crippen MR) is 70.3 cm³/mol. The lowest BCUT2D eigenvalue weighted by Crippen LogP contribution is -2.16. The molecule has 1 heterocycles. The molecule has 1 N–H and O–H groups in total. The van der Waals surface area contributed by atoms with Crippen molar-refractivity contribution >= 4 is 34.8 Å². The highest BCUT2D eigenvalue weighted by molar-refractivity contribution is 6.52. The van der Waals surface area contributed by atoms with E-state index < -0.39 is 4.33 Å². The maximum atomic E-state index is 11.8. The van der Waals surface area contributed by atoms with Crippen molar-refractivity contribution in [3.05, 3.63) is 30.6 Å². The van der Waals surface area contributed by atoms with Crippen molar-refractivity contribution in [2.45, 2.75) is 10.8 Å². The minimum absolute atomic E-state index is 0.167. The van der Waals surface area contributed by atoms with E-state index in [1.54, 1.807) is 24.3 Å². The Morgan fingerprint density at radius 2 is 2.05 bits per heavy atom. The van der Waals surface area contributed by atoms with Crippen LogP contribution in [0.3, 0.4) is 0 Å². The van der Waals surface area contributed by atoms with Gasteiger partial charge in [0.2, 0.25) is 5.91 Å². The molecule has 1 aromatic heterocycles. The number of aromatic nitrogens is 4. The Morgan fingerprint density at radius 1 is 1.37 bits per heavy atom. The zero-order valence-corrected chi connectivity index (χ0v) is 11.1. The maximum absolute atomic E-state index is 11.8. The van der Waals surface area contributed by atoms with Gasteiger partial charge in [0.1, 0.15) is 10.7 Å². The SMILES string of the molecule is O=C(Nc1ccc(-n2cnnn2)cc1)[C@H]1CC1(Cl)Cl. The lowest BCUT2D eigenvalue weighted by molar-refractivity contribution is -0.117. The molecule has 1 atom stereocenters. The van der Waals surface area contributed by atoms with Crippen molar-refractivity contribution in [2.75, 3.05) is 5.32 Å². The van der Waals surface area contributed by atoms with E-state index in [4.69, 9.17) is 23.2 Å². The molecule has 1 amide bonds. The van der Waals surface area contributed by atoms with Gasteiger partial charge in [0, 0.05) is 5.69 Å². The summed E-state index contributed by atoms with van der Waals surface area (Å²) < 4.78 is 0.617. The Kier molecular flexibility index (Phi) is 2.91. The van der Waals surface area contributed by atoms with Gasteiger partial charge in [-0.1, -0.05) is 0 Å². The molecule has 0 saturated heterocycles. The van der Waals surface area contributed by atoms with Crippen LogP contribution < -0.4 is 5.32 Å². The minimum atomic E-state index is -0.906. The van der Waals surface area contributed by atoms with Gasteiger partial charge in [-0.3, -0.25) is 4.79 Å². The van der Waals surface area contributed by atoms with Crippen molar-refractivity contribution in [2.24, 2.45) is 5.92 Å². The summed E-state index contributed by atoms with van der Waals surface area (Å²) in [5.41, 5.74) is 1.48. The number of tetrazole rings is 1. The highest BCUT2D eigenvalue weighted by Gasteiger charge is 2.56. The maximum Gasteiger partial charge on any atom is 0.230 e. The van der Waals surface area contributed by atoms with E-state index in [0.29, 0.717) is 12.1 Å². The summed E-state index contributed by atoms with van der Waals surface area (Å²) in [5, 5.41) is 13.6. The van der Waals surface area contributed by atoms with Crippen LogP contribution in [-0.2, 0) is 4.79 Å². The number of carbonyl (C=O) groups is 1. The van der Waals surface area contributed by atoms with Crippen LogP contribution in [0, 0.1) is 5.92 Å². The molecule has 2 aromatic rings. The smallest absolute Gasteiger partial charge is 0.230 e. The van der Waals surface area contributed by atoms with Crippen LogP contribution in [0.4, 0.5) is 5.69 Å². The number of nitrogens with zero attached hydrogens (tertiary/aromatic N) is 4. The summed E-state index contributed by atoms with van der Waals surface area (Å²) in [6, 6.07) is 7.13. The molecule has 1 fully saturated rings. The molecular formula is C11H9Cl2N5O. The van der Waals surface area contributed by atoms with E-state index in [-0.39, 0.29) is 11.8 Å². The summed E-state index contributed by atoms with van der Waals surface area (Å²) in [6.45, 7) is 0. The third-order valence-electron chi connectivity index (χ3n) is 2.89. The van der Waals surface area contributed by atoms with E-state index >= 15 is 0 Å². The molecule has 3 rings (SSSR count). The minimum Gasteiger partial charge on any atom is -0.326 e. The van der Waals surface area contributed by atoms with Gasteiger partial charge >= 0.3 is 0 Å². The first-order chi connectivity index (χ1) is 9.06. The molecule has 19 heavy (non-hydrogen) atoms. The number of amides is 1. The van der Waals surface area contributed by atoms with Crippen LogP contribution in [0.2, 0.25) is 0 Å². The second kappa shape index (κ2) is 4.47. The molecule has 1 saturated carbocycles. The fourth-order valence-electron chi connectivity index (χ4n) is 1.70. The molecule has 6 nitrogen and oxygen atoms in total. The fourth-order valence-corrected chi connectivity index (χ4v) is 2.21. The topological polar surface area (TPSA) is 72.7 Å². The van der Waals surface area contributed by atoms with Gasteiger partial charge < -0.3 is 5.32 Å². The molecule has 0 aliphatic heterocycles. The molecule has 8 heteroatoms. The van der Waals surface area contributed by atoms with Gasteiger partial charge in [-0.2, -0.15) is 0 Å². The van der Waals surface area contributed by atoms with Crippen LogP contribution in [0.1, 0.15) is 6.42 Å². The number of halogens is 2. The number of nitrogens with one attached hydrogen (secondary N) is 1. The first-order valence-electron chi connectivity index (χ1n) is 5.58. The predicted octanol–water partition coefficient (Wildman–Crippen LogP) is 1.79. The lowest BCUT2D eigenvalue weighted by atomic mass is 10.2. The van der Waals surface area contributed by atoms with Gasteiger partial charge in [-0.15, -0.1) is 28.3 Å². The zero-order valence-electron chi connectivity index (χ0n) is 9.62. The van der Waals surface area contributed by atoms with E-state index in [1.165, 1.54) is 11.0 Å². The first kappa shape index (κ1) is 12.4. The fraction of sp³-hybridized carbons (Fsp3) is 0.273. The second-order valence-electron chi connectivity index (χ2n) is 4.31. The van der Waals surface area contributed by atoms with E-state index in [9.17, 15) is 4.79 Å². The summed E-state index contributed by atoms with van der Waals surface area (Å²) in [5.74, 6) is -0.504. The molecule has 0 radical (unpaired) electrons. The number of hydrogen-bond donors (Lipinski definition) is 1. The Hall–Kier alpha value is -1.66. The number of anilines is 1. The van der Waals surface area contributed by atoms with Gasteiger partial charge in [-0.25, -0.2) is 4.68 Å². The number of hydrogen-bond acceptors (Lipinski definition) is 4. The molecule has 0 unspecified atom stereocenters. The summed E-state index contributed by atoms with van der Waals surface area (Å²) in [6.07, 6.45) is 1.98. The first-order valence-corrected chi connectivity index (χ1v) is 6.34. The van der Waals surface area contributed by atoms with E-state index in [1.807, 2.05) is 0 Å². The van der Waals surface area contributed by atoms with Crippen LogP contribution >= 0.6 is 23.2 Å². The van der Waals surface area contributed by atoms with Gasteiger partial charge in [-0.05, 0) is 41.1 Å². The molecule has 98 valence electrons. The van der Waals surface area contributed by atoms with Crippen molar-refractivity contribution in [3.63, 3.8) is 0 Å². The largest absolute Gasteiger partial charge is 0.326 e. The van der Waals surface area contributed by atoms with Crippen molar-refractivity contribution in [3.8, 4) is 5.69 Å². The quantitative estimate of drug-likeness (QED) is 0.877. The van der Waals surface area contributed by atoms with Crippen LogP contribution in [-0.4, -0.2) is 30.4 Å². The zero-order chi connectivity index (χ0) is 13.5. The van der Waals surface area contributed by atoms with Crippen LogP contribution in [0.15, 0.2) is 30.6 Å². The molecular weight excluding hydrogens is 289 g/mol. The Morgan fingerprint density at radius 3 is 2.58 bits per heavy atom. The average molecular weight is 298 g/mol. The average Bonchev–Trinajstić information content (AvgIpc) is 2.81. The number of carbonyl (C=O) groups excluding carboxylic acids is 1. The Bertz CT molecular complexity index is 596. The molecule has 1 aliphatic rings. The number of benzene rings is 1. The molecule has 0 bridgehead atoms. The van der Waals surface area contributed by atoms with Gasteiger partial charge in [0.25, 0.3) is 0 Å². The summed E-state index contributed by atoms with van der Waals surface area (Å²) >= 11 is 11.7. The second-order valence-corrected chi connectivity index (χ2v) is 5.85. The third kappa shape index (κ3) is 2.54. The lowest BCUT2D eigenvalue weighted by Gasteiger charge is -2.06. The van der Waals surface area contributed by atoms with Crippen LogP contribution in [0.25, 0.3) is 5.69 Å². The van der Waals surface area contributed by atoms with Crippen molar-refractivity contribution < 1.29 is 4.79 Å². The number of rotatable bonds is 3. The number of alkyl halides is 2. The molecule has 0 spiro atoms. The Labute approximate surface area is 118 Å². The summed E-state index contributed by atoms with van der Waals surface area (Å²) in [4.78, 5) is 11.8. The Balaban J connectivity index is 1.68. The van der Waals surface area contributed by atoms with Crippen molar-refractivity contribution in [1.82, 2.24) is 20.2 Å². The summed E-state index contributed by atoms with van der Waals surface area (Å²) in [7, 11) is 0. The van der Waals surface area contributed by atoms with E-state index in [0.717, 1.165) is 5.69 Å². The molecule has 1 aliphatic carbocycles.